The number of carbonyl (C=O) groups is 1. The molecule has 1 amide bonds. The minimum absolute atomic E-state index is 0.0916. The van der Waals surface area contributed by atoms with Crippen molar-refractivity contribution in [3.63, 3.8) is 0 Å². The van der Waals surface area contributed by atoms with Gasteiger partial charge in [-0.15, -0.1) is 0 Å². The van der Waals surface area contributed by atoms with Gasteiger partial charge >= 0.3 is 0 Å². The lowest BCUT2D eigenvalue weighted by Gasteiger charge is -2.19. The molecule has 0 radical (unpaired) electrons. The zero-order chi connectivity index (χ0) is 16.9. The van der Waals surface area contributed by atoms with Gasteiger partial charge in [0.2, 0.25) is 0 Å². The molecule has 24 heavy (non-hydrogen) atoms. The maximum atomic E-state index is 12.5. The summed E-state index contributed by atoms with van der Waals surface area (Å²) < 4.78 is 1.43. The molecule has 0 bridgehead atoms. The van der Waals surface area contributed by atoms with Crippen molar-refractivity contribution in [1.29, 1.82) is 0 Å². The Morgan fingerprint density at radius 1 is 1.25 bits per heavy atom. The summed E-state index contributed by atoms with van der Waals surface area (Å²) in [4.78, 5) is 31.4. The summed E-state index contributed by atoms with van der Waals surface area (Å²) in [5, 5.41) is 2.85. The quantitative estimate of drug-likeness (QED) is 0.926. The number of fused-ring (bicyclic) bond motifs is 1. The lowest BCUT2D eigenvalue weighted by molar-refractivity contribution is 0.0946. The van der Waals surface area contributed by atoms with Crippen LogP contribution < -0.4 is 10.9 Å². The summed E-state index contributed by atoms with van der Waals surface area (Å²) in [6, 6.07) is 3.68. The first-order valence-corrected chi connectivity index (χ1v) is 8.64. The minimum atomic E-state index is -0.349. The molecule has 0 spiro atoms. The van der Waals surface area contributed by atoms with Crippen molar-refractivity contribution >= 4 is 11.6 Å². The van der Waals surface area contributed by atoms with Crippen LogP contribution in [0.1, 0.15) is 41.6 Å². The molecule has 0 aromatic carbocycles. The smallest absolute Gasteiger partial charge is 0.270 e. The number of nitrogens with zero attached hydrogens (tertiary/aromatic N) is 3. The first kappa shape index (κ1) is 16.6. The second-order valence-corrected chi connectivity index (χ2v) is 6.37. The van der Waals surface area contributed by atoms with E-state index in [4.69, 9.17) is 0 Å². The van der Waals surface area contributed by atoms with Crippen LogP contribution in [0.15, 0.2) is 29.3 Å². The molecule has 2 aromatic rings. The highest BCUT2D eigenvalue weighted by molar-refractivity contribution is 5.93. The van der Waals surface area contributed by atoms with E-state index in [1.807, 2.05) is 13.0 Å². The number of likely N-dealkylation sites (tertiary alicyclic amines) is 1. The fourth-order valence-electron chi connectivity index (χ4n) is 3.19. The van der Waals surface area contributed by atoms with Crippen molar-refractivity contribution in [2.45, 2.75) is 32.6 Å². The van der Waals surface area contributed by atoms with Gasteiger partial charge in [0.05, 0.1) is 0 Å². The van der Waals surface area contributed by atoms with E-state index < -0.39 is 0 Å². The van der Waals surface area contributed by atoms with Gasteiger partial charge < -0.3 is 10.2 Å². The van der Waals surface area contributed by atoms with Crippen molar-refractivity contribution in [3.8, 4) is 0 Å². The first-order chi connectivity index (χ1) is 11.7. The van der Waals surface area contributed by atoms with E-state index in [2.05, 4.69) is 15.2 Å². The molecule has 3 heterocycles. The second kappa shape index (κ2) is 7.57. The normalized spacial score (nSPS) is 16.0. The number of hydrogen-bond acceptors (Lipinski definition) is 4. The maximum absolute atomic E-state index is 12.5. The Labute approximate surface area is 141 Å². The summed E-state index contributed by atoms with van der Waals surface area (Å²) in [5.41, 5.74) is 1.26. The fourth-order valence-corrected chi connectivity index (χ4v) is 3.19. The Bertz CT molecular complexity index is 776. The number of nitrogens with one attached hydrogen (secondary N) is 1. The topological polar surface area (TPSA) is 66.7 Å². The lowest BCUT2D eigenvalue weighted by atomic mass is 10.2. The highest BCUT2D eigenvalue weighted by atomic mass is 16.2. The van der Waals surface area contributed by atoms with E-state index in [9.17, 15) is 9.59 Å². The first-order valence-electron chi connectivity index (χ1n) is 8.64. The van der Waals surface area contributed by atoms with Crippen LogP contribution in [0.4, 0.5) is 0 Å². The Hall–Kier alpha value is -2.21. The van der Waals surface area contributed by atoms with Crippen molar-refractivity contribution in [2.75, 3.05) is 26.2 Å². The molecule has 0 unspecified atom stereocenters. The molecule has 1 fully saturated rings. The van der Waals surface area contributed by atoms with Gasteiger partial charge in [-0.3, -0.25) is 14.0 Å². The highest BCUT2D eigenvalue weighted by Gasteiger charge is 2.14. The predicted molar refractivity (Wildman–Crippen MR) is 93.4 cm³/mol. The van der Waals surface area contributed by atoms with Crippen LogP contribution in [-0.2, 0) is 0 Å². The van der Waals surface area contributed by atoms with Gasteiger partial charge in [0.15, 0.2) is 0 Å². The molecule has 0 atom stereocenters. The number of pyridine rings is 1. The summed E-state index contributed by atoms with van der Waals surface area (Å²) in [6.07, 6.45) is 8.06. The summed E-state index contributed by atoms with van der Waals surface area (Å²) >= 11 is 0. The third kappa shape index (κ3) is 3.64. The van der Waals surface area contributed by atoms with E-state index in [1.165, 1.54) is 36.3 Å². The summed E-state index contributed by atoms with van der Waals surface area (Å²) in [6.45, 7) is 5.45. The van der Waals surface area contributed by atoms with Gasteiger partial charge in [0, 0.05) is 25.5 Å². The van der Waals surface area contributed by atoms with Crippen LogP contribution in [0.2, 0.25) is 0 Å². The monoisotopic (exact) mass is 328 g/mol. The number of aromatic nitrogens is 2. The van der Waals surface area contributed by atoms with Crippen LogP contribution in [0, 0.1) is 6.92 Å². The second-order valence-electron chi connectivity index (χ2n) is 6.37. The molecule has 0 saturated carbocycles. The van der Waals surface area contributed by atoms with Crippen molar-refractivity contribution < 1.29 is 4.79 Å². The van der Waals surface area contributed by atoms with Gasteiger partial charge in [-0.25, -0.2) is 4.98 Å². The molecule has 0 aliphatic carbocycles. The standard InChI is InChI=1S/C18H24N4O2/c1-14-7-6-11-22-16(14)20-13-15(18(22)24)17(23)19-8-12-21-9-4-2-3-5-10-21/h6-7,11,13H,2-5,8-10,12H2,1H3,(H,19,23). The number of amides is 1. The largest absolute Gasteiger partial charge is 0.351 e. The molecule has 3 rings (SSSR count). The van der Waals surface area contributed by atoms with Gasteiger partial charge in [-0.05, 0) is 44.5 Å². The molecule has 1 aliphatic rings. The average molecular weight is 328 g/mol. The zero-order valence-electron chi connectivity index (χ0n) is 14.1. The average Bonchev–Trinajstić information content (AvgIpc) is 2.85. The summed E-state index contributed by atoms with van der Waals surface area (Å²) in [7, 11) is 0. The van der Waals surface area contributed by atoms with Crippen molar-refractivity contribution in [2.24, 2.45) is 0 Å². The molecule has 6 heteroatoms. The van der Waals surface area contributed by atoms with Crippen LogP contribution in [0.3, 0.4) is 0 Å². The molecule has 128 valence electrons. The highest BCUT2D eigenvalue weighted by Crippen LogP contribution is 2.08. The molecular weight excluding hydrogens is 304 g/mol. The van der Waals surface area contributed by atoms with Gasteiger partial charge in [0.25, 0.3) is 11.5 Å². The van der Waals surface area contributed by atoms with E-state index in [0.717, 1.165) is 25.2 Å². The van der Waals surface area contributed by atoms with Crippen LogP contribution in [-0.4, -0.2) is 46.4 Å². The van der Waals surface area contributed by atoms with Gasteiger partial charge in [-0.2, -0.15) is 0 Å². The number of hydrogen-bond donors (Lipinski definition) is 1. The Morgan fingerprint density at radius 2 is 2.00 bits per heavy atom. The van der Waals surface area contributed by atoms with Crippen LogP contribution in [0.5, 0.6) is 0 Å². The number of carbonyl (C=O) groups excluding carboxylic acids is 1. The predicted octanol–water partition coefficient (Wildman–Crippen LogP) is 1.61. The van der Waals surface area contributed by atoms with E-state index in [0.29, 0.717) is 12.2 Å². The van der Waals surface area contributed by atoms with Crippen molar-refractivity contribution in [3.05, 3.63) is 46.0 Å². The molecule has 1 saturated heterocycles. The van der Waals surface area contributed by atoms with Gasteiger partial charge in [-0.1, -0.05) is 18.9 Å². The maximum Gasteiger partial charge on any atom is 0.270 e. The number of aryl methyl sites for hydroxylation is 1. The third-order valence-electron chi connectivity index (χ3n) is 4.58. The van der Waals surface area contributed by atoms with Crippen LogP contribution in [0.25, 0.3) is 5.65 Å². The van der Waals surface area contributed by atoms with E-state index >= 15 is 0 Å². The number of rotatable bonds is 4. The van der Waals surface area contributed by atoms with Crippen molar-refractivity contribution in [1.82, 2.24) is 19.6 Å². The molecule has 2 aromatic heterocycles. The fraction of sp³-hybridized carbons (Fsp3) is 0.500. The Balaban J connectivity index is 1.66. The molecule has 6 nitrogen and oxygen atoms in total. The van der Waals surface area contributed by atoms with Gasteiger partial charge in [0.1, 0.15) is 11.2 Å². The third-order valence-corrected chi connectivity index (χ3v) is 4.58. The van der Waals surface area contributed by atoms with E-state index in [-0.39, 0.29) is 17.0 Å². The molecular formula is C18H24N4O2. The molecule has 1 aliphatic heterocycles. The lowest BCUT2D eigenvalue weighted by Crippen LogP contribution is -2.37. The molecule has 1 N–H and O–H groups in total. The SMILES string of the molecule is Cc1cccn2c(=O)c(C(=O)NCCN3CCCCCC3)cnc12. The Morgan fingerprint density at radius 3 is 2.75 bits per heavy atom. The zero-order valence-corrected chi connectivity index (χ0v) is 14.1. The minimum Gasteiger partial charge on any atom is -0.351 e. The van der Waals surface area contributed by atoms with Crippen LogP contribution >= 0.6 is 0 Å². The van der Waals surface area contributed by atoms with E-state index in [1.54, 1.807) is 12.3 Å². The summed E-state index contributed by atoms with van der Waals surface area (Å²) in [5.74, 6) is -0.349. The Kier molecular flexibility index (Phi) is 5.25.